The Hall–Kier alpha value is -2.14. The Morgan fingerprint density at radius 1 is 1.38 bits per heavy atom. The third-order valence-corrected chi connectivity index (χ3v) is 6.60. The lowest BCUT2D eigenvalue weighted by Crippen LogP contribution is -2.16. The molecule has 0 radical (unpaired) electrons. The second kappa shape index (κ2) is 6.88. The van der Waals surface area contributed by atoms with Gasteiger partial charge in [0.2, 0.25) is 10.0 Å². The molecule has 0 spiro atoms. The first kappa shape index (κ1) is 18.6. The molecule has 3 aromatic rings. The number of amides is 1. The van der Waals surface area contributed by atoms with Crippen molar-refractivity contribution in [2.45, 2.75) is 25.3 Å². The number of nitrogens with two attached hydrogens (primary N) is 1. The van der Waals surface area contributed by atoms with Crippen molar-refractivity contribution in [1.29, 1.82) is 0 Å². The molecule has 7 nitrogen and oxygen atoms in total. The third kappa shape index (κ3) is 3.54. The molecule has 2 aromatic heterocycles. The summed E-state index contributed by atoms with van der Waals surface area (Å²) in [6, 6.07) is 4.58. The van der Waals surface area contributed by atoms with Gasteiger partial charge in [0.05, 0.1) is 25.8 Å². The average molecular weight is 409 g/mol. The fourth-order valence-electron chi connectivity index (χ4n) is 2.49. The van der Waals surface area contributed by atoms with Gasteiger partial charge in [-0.15, -0.1) is 17.9 Å². The first-order valence-electron chi connectivity index (χ1n) is 7.51. The van der Waals surface area contributed by atoms with Gasteiger partial charge in [-0.1, -0.05) is 17.4 Å². The highest BCUT2D eigenvalue weighted by Gasteiger charge is 2.15. The molecule has 0 saturated carbocycles. The van der Waals surface area contributed by atoms with Crippen LogP contribution in [0.5, 0.6) is 0 Å². The SMILES string of the molecule is C=CCn1c(=NC(=O)c2sc(C)nc2C)sc2cc(S(N)(=O)=O)ccc21. The van der Waals surface area contributed by atoms with Crippen LogP contribution in [0.3, 0.4) is 0 Å². The molecular formula is C16H16N4O3S3. The molecule has 0 saturated heterocycles. The quantitative estimate of drug-likeness (QED) is 0.669. The lowest BCUT2D eigenvalue weighted by molar-refractivity contribution is 0.100. The van der Waals surface area contributed by atoms with E-state index in [4.69, 9.17) is 5.14 Å². The van der Waals surface area contributed by atoms with Crippen LogP contribution < -0.4 is 9.94 Å². The summed E-state index contributed by atoms with van der Waals surface area (Å²) in [6.07, 6.45) is 1.69. The molecule has 1 aromatic carbocycles. The van der Waals surface area contributed by atoms with E-state index in [1.165, 1.54) is 34.8 Å². The zero-order chi connectivity index (χ0) is 19.1. The van der Waals surface area contributed by atoms with Crippen LogP contribution in [-0.4, -0.2) is 23.9 Å². The minimum atomic E-state index is -3.81. The van der Waals surface area contributed by atoms with Crippen LogP contribution in [0, 0.1) is 13.8 Å². The van der Waals surface area contributed by atoms with Crippen molar-refractivity contribution in [3.05, 3.63) is 51.2 Å². The minimum absolute atomic E-state index is 0.0174. The average Bonchev–Trinajstić information content (AvgIpc) is 3.06. The zero-order valence-electron chi connectivity index (χ0n) is 14.1. The molecule has 3 rings (SSSR count). The standard InChI is InChI=1S/C16H16N4O3S3/c1-4-7-20-12-6-5-11(26(17,22)23)8-13(12)25-16(20)19-15(21)14-9(2)18-10(3)24-14/h4-6,8H,1,7H2,2-3H3,(H2,17,22,23). The van der Waals surface area contributed by atoms with E-state index in [0.29, 0.717) is 26.6 Å². The predicted octanol–water partition coefficient (Wildman–Crippen LogP) is 2.35. The topological polar surface area (TPSA) is 107 Å². The van der Waals surface area contributed by atoms with Crippen LogP contribution in [-0.2, 0) is 16.6 Å². The summed E-state index contributed by atoms with van der Waals surface area (Å²) in [5.74, 6) is -0.371. The van der Waals surface area contributed by atoms with Crippen LogP contribution >= 0.6 is 22.7 Å². The Morgan fingerprint density at radius 2 is 2.12 bits per heavy atom. The number of aryl methyl sites for hydroxylation is 2. The molecule has 2 N–H and O–H groups in total. The Morgan fingerprint density at radius 3 is 2.69 bits per heavy atom. The van der Waals surface area contributed by atoms with E-state index in [2.05, 4.69) is 16.6 Å². The number of nitrogens with zero attached hydrogens (tertiary/aromatic N) is 3. The number of benzene rings is 1. The van der Waals surface area contributed by atoms with Gasteiger partial charge in [-0.2, -0.15) is 4.99 Å². The van der Waals surface area contributed by atoms with Crippen molar-refractivity contribution in [3.8, 4) is 0 Å². The number of hydrogen-bond donors (Lipinski definition) is 1. The molecule has 0 atom stereocenters. The van der Waals surface area contributed by atoms with Crippen LogP contribution in [0.15, 0.2) is 40.7 Å². The highest BCUT2D eigenvalue weighted by atomic mass is 32.2. The Kier molecular flexibility index (Phi) is 4.93. The molecule has 0 fully saturated rings. The largest absolute Gasteiger partial charge is 0.312 e. The number of aromatic nitrogens is 2. The number of thiazole rings is 2. The molecule has 26 heavy (non-hydrogen) atoms. The van der Waals surface area contributed by atoms with Crippen molar-refractivity contribution < 1.29 is 13.2 Å². The monoisotopic (exact) mass is 408 g/mol. The smallest absolute Gasteiger partial charge is 0.291 e. The molecule has 1 amide bonds. The Bertz CT molecular complexity index is 1200. The van der Waals surface area contributed by atoms with Crippen LogP contribution in [0.25, 0.3) is 10.2 Å². The normalized spacial score (nSPS) is 12.7. The van der Waals surface area contributed by atoms with Gasteiger partial charge in [0, 0.05) is 6.54 Å². The van der Waals surface area contributed by atoms with Crippen LogP contribution in [0.4, 0.5) is 0 Å². The van der Waals surface area contributed by atoms with Crippen LogP contribution in [0.2, 0.25) is 0 Å². The summed E-state index contributed by atoms with van der Waals surface area (Å²) in [7, 11) is -3.81. The first-order chi connectivity index (χ1) is 12.2. The van der Waals surface area contributed by atoms with E-state index in [-0.39, 0.29) is 10.8 Å². The molecule has 0 aliphatic heterocycles. The maximum atomic E-state index is 12.6. The molecular weight excluding hydrogens is 392 g/mol. The van der Waals surface area contributed by atoms with E-state index >= 15 is 0 Å². The first-order valence-corrected chi connectivity index (χ1v) is 10.7. The molecule has 0 unspecified atom stereocenters. The lowest BCUT2D eigenvalue weighted by atomic mass is 10.3. The Labute approximate surface area is 158 Å². The third-order valence-electron chi connectivity index (χ3n) is 3.59. The van der Waals surface area contributed by atoms with Gasteiger partial charge >= 0.3 is 0 Å². The van der Waals surface area contributed by atoms with E-state index in [1.807, 2.05) is 6.92 Å². The molecule has 0 aliphatic carbocycles. The van der Waals surface area contributed by atoms with Crippen molar-refractivity contribution in [2.24, 2.45) is 10.1 Å². The van der Waals surface area contributed by atoms with Crippen molar-refractivity contribution in [3.63, 3.8) is 0 Å². The number of rotatable bonds is 4. The van der Waals surface area contributed by atoms with Crippen molar-refractivity contribution in [1.82, 2.24) is 9.55 Å². The number of hydrogen-bond acceptors (Lipinski definition) is 6. The summed E-state index contributed by atoms with van der Waals surface area (Å²) in [5.41, 5.74) is 1.40. The van der Waals surface area contributed by atoms with Crippen molar-refractivity contribution >= 4 is 48.8 Å². The summed E-state index contributed by atoms with van der Waals surface area (Å²) < 4.78 is 25.6. The maximum Gasteiger partial charge on any atom is 0.291 e. The molecule has 0 aliphatic rings. The fraction of sp³-hybridized carbons (Fsp3) is 0.188. The fourth-order valence-corrected chi connectivity index (χ4v) is 4.98. The highest BCUT2D eigenvalue weighted by molar-refractivity contribution is 7.89. The number of allylic oxidation sites excluding steroid dienone is 1. The van der Waals surface area contributed by atoms with E-state index < -0.39 is 10.0 Å². The highest BCUT2D eigenvalue weighted by Crippen LogP contribution is 2.22. The van der Waals surface area contributed by atoms with Crippen LogP contribution in [0.1, 0.15) is 20.4 Å². The van der Waals surface area contributed by atoms with Gasteiger partial charge < -0.3 is 4.57 Å². The number of carbonyl (C=O) groups excluding carboxylic acids is 1. The van der Waals surface area contributed by atoms with E-state index in [9.17, 15) is 13.2 Å². The van der Waals surface area contributed by atoms with Gasteiger partial charge in [0.25, 0.3) is 5.91 Å². The zero-order valence-corrected chi connectivity index (χ0v) is 16.5. The van der Waals surface area contributed by atoms with E-state index in [1.54, 1.807) is 23.6 Å². The number of fused-ring (bicyclic) bond motifs is 1. The summed E-state index contributed by atoms with van der Waals surface area (Å²) in [6.45, 7) is 7.77. The van der Waals surface area contributed by atoms with Gasteiger partial charge in [-0.05, 0) is 32.0 Å². The van der Waals surface area contributed by atoms with Gasteiger partial charge in [0.15, 0.2) is 4.80 Å². The minimum Gasteiger partial charge on any atom is -0.312 e. The van der Waals surface area contributed by atoms with Gasteiger partial charge in [0.1, 0.15) is 4.88 Å². The lowest BCUT2D eigenvalue weighted by Gasteiger charge is -2.02. The molecule has 2 heterocycles. The molecule has 0 bridgehead atoms. The summed E-state index contributed by atoms with van der Waals surface area (Å²) in [5, 5.41) is 6.00. The van der Waals surface area contributed by atoms with E-state index in [0.717, 1.165) is 10.5 Å². The Balaban J connectivity index is 2.21. The second-order valence-corrected chi connectivity index (χ2v) is 9.30. The van der Waals surface area contributed by atoms with Gasteiger partial charge in [-0.25, -0.2) is 18.5 Å². The second-order valence-electron chi connectivity index (χ2n) is 5.52. The number of carbonyl (C=O) groups is 1. The van der Waals surface area contributed by atoms with Gasteiger partial charge in [-0.3, -0.25) is 4.79 Å². The molecule has 136 valence electrons. The molecule has 10 heteroatoms. The number of sulfonamides is 1. The predicted molar refractivity (Wildman–Crippen MR) is 103 cm³/mol. The summed E-state index contributed by atoms with van der Waals surface area (Å²) >= 11 is 2.52. The van der Waals surface area contributed by atoms with Crippen molar-refractivity contribution in [2.75, 3.05) is 0 Å². The maximum absolute atomic E-state index is 12.6. The summed E-state index contributed by atoms with van der Waals surface area (Å²) in [4.78, 5) is 22.0. The number of primary sulfonamides is 1.